The number of nitrogens with zero attached hydrogens (tertiary/aromatic N) is 3. The van der Waals surface area contributed by atoms with E-state index in [0.717, 1.165) is 10.4 Å². The topological polar surface area (TPSA) is 59.8 Å². The average Bonchev–Trinajstić information content (AvgIpc) is 3.37. The minimum Gasteiger partial charge on any atom is -0.350 e. The van der Waals surface area contributed by atoms with Crippen molar-refractivity contribution in [2.45, 2.75) is 6.54 Å². The lowest BCUT2D eigenvalue weighted by Gasteiger charge is -2.08. The van der Waals surface area contributed by atoms with Gasteiger partial charge in [-0.3, -0.25) is 4.79 Å². The summed E-state index contributed by atoms with van der Waals surface area (Å²) in [6, 6.07) is 20.4. The van der Waals surface area contributed by atoms with Gasteiger partial charge in [-0.15, -0.1) is 16.4 Å². The van der Waals surface area contributed by atoms with E-state index in [1.807, 2.05) is 60.0 Å². The molecule has 4 rings (SSSR count). The Hall–Kier alpha value is -2.96. The third-order valence-electron chi connectivity index (χ3n) is 3.96. The van der Waals surface area contributed by atoms with E-state index in [1.54, 1.807) is 12.1 Å². The molecule has 0 atom stereocenters. The minimum absolute atomic E-state index is 0.243. The first-order chi connectivity index (χ1) is 13.2. The quantitative estimate of drug-likeness (QED) is 0.519. The maximum Gasteiger partial charge on any atom is 0.281 e. The number of hydrogen-bond donors (Lipinski definition) is 1. The summed E-state index contributed by atoms with van der Waals surface area (Å²) < 4.78 is 1.31. The van der Waals surface area contributed by atoms with Gasteiger partial charge in [-0.1, -0.05) is 54.1 Å². The fourth-order valence-electron chi connectivity index (χ4n) is 2.60. The first-order valence-electron chi connectivity index (χ1n) is 8.30. The summed E-state index contributed by atoms with van der Waals surface area (Å²) in [4.78, 5) is 18.4. The third kappa shape index (κ3) is 3.77. The van der Waals surface area contributed by atoms with Crippen LogP contribution in [0.3, 0.4) is 0 Å². The molecule has 2 heterocycles. The number of anilines is 1. The molecule has 0 aliphatic heterocycles. The van der Waals surface area contributed by atoms with Gasteiger partial charge in [-0.05, 0) is 35.2 Å². The van der Waals surface area contributed by atoms with Crippen LogP contribution < -0.4 is 5.32 Å². The predicted octanol–water partition coefficient (Wildman–Crippen LogP) is 4.96. The highest BCUT2D eigenvalue weighted by molar-refractivity contribution is 7.13. The van der Waals surface area contributed by atoms with Crippen molar-refractivity contribution < 1.29 is 4.79 Å². The van der Waals surface area contributed by atoms with Crippen LogP contribution in [-0.2, 0) is 6.54 Å². The molecule has 0 bridgehead atoms. The lowest BCUT2D eigenvalue weighted by molar-refractivity contribution is 0.0947. The van der Waals surface area contributed by atoms with Gasteiger partial charge in [0.2, 0.25) is 5.95 Å². The second-order valence-corrected chi connectivity index (χ2v) is 7.12. The van der Waals surface area contributed by atoms with Crippen molar-refractivity contribution in [2.75, 3.05) is 5.32 Å². The zero-order valence-electron chi connectivity index (χ0n) is 14.2. The first kappa shape index (κ1) is 17.5. The lowest BCUT2D eigenvalue weighted by atomic mass is 10.2. The number of carbonyl (C=O) groups is 1. The van der Waals surface area contributed by atoms with Gasteiger partial charge in [0.05, 0.1) is 4.88 Å². The molecule has 27 heavy (non-hydrogen) atoms. The van der Waals surface area contributed by atoms with E-state index in [4.69, 9.17) is 11.6 Å². The number of hydrogen-bond acceptors (Lipinski definition) is 5. The Morgan fingerprint density at radius 1 is 1.04 bits per heavy atom. The molecule has 0 saturated heterocycles. The molecule has 0 spiro atoms. The third-order valence-corrected chi connectivity index (χ3v) is 5.19. The largest absolute Gasteiger partial charge is 0.350 e. The Morgan fingerprint density at radius 2 is 1.81 bits per heavy atom. The van der Waals surface area contributed by atoms with Gasteiger partial charge < -0.3 is 5.32 Å². The number of rotatable bonds is 5. The molecule has 1 N–H and O–H groups in total. The van der Waals surface area contributed by atoms with Crippen molar-refractivity contribution in [1.29, 1.82) is 0 Å². The number of carbonyl (C=O) groups excluding carboxylic acids is 1. The van der Waals surface area contributed by atoms with Crippen LogP contribution in [0.25, 0.3) is 10.7 Å². The highest BCUT2D eigenvalue weighted by Crippen LogP contribution is 2.24. The zero-order valence-corrected chi connectivity index (χ0v) is 15.7. The van der Waals surface area contributed by atoms with Crippen molar-refractivity contribution in [1.82, 2.24) is 14.8 Å². The van der Waals surface area contributed by atoms with Gasteiger partial charge in [-0.25, -0.2) is 0 Å². The van der Waals surface area contributed by atoms with Crippen molar-refractivity contribution in [2.24, 2.45) is 0 Å². The first-order valence-corrected chi connectivity index (χ1v) is 9.56. The molecule has 0 saturated carbocycles. The van der Waals surface area contributed by atoms with Crippen LogP contribution >= 0.6 is 22.9 Å². The van der Waals surface area contributed by atoms with E-state index >= 15 is 0 Å². The summed E-state index contributed by atoms with van der Waals surface area (Å²) in [5.41, 5.74) is 1.46. The molecule has 2 aromatic carbocycles. The summed E-state index contributed by atoms with van der Waals surface area (Å²) >= 11 is 7.75. The molecule has 0 aliphatic rings. The van der Waals surface area contributed by atoms with Gasteiger partial charge in [0.15, 0.2) is 5.82 Å². The van der Waals surface area contributed by atoms with Crippen molar-refractivity contribution in [3.05, 3.63) is 88.3 Å². The summed E-state index contributed by atoms with van der Waals surface area (Å²) in [7, 11) is 0. The van der Waals surface area contributed by atoms with E-state index < -0.39 is 0 Å². The highest BCUT2D eigenvalue weighted by Gasteiger charge is 2.19. The molecular weight excluding hydrogens is 380 g/mol. The van der Waals surface area contributed by atoms with Gasteiger partial charge in [-0.2, -0.15) is 9.67 Å². The van der Waals surface area contributed by atoms with E-state index in [9.17, 15) is 4.79 Å². The molecule has 0 aliphatic carbocycles. The van der Waals surface area contributed by atoms with Gasteiger partial charge in [0, 0.05) is 17.1 Å². The summed E-state index contributed by atoms with van der Waals surface area (Å²) in [5, 5.41) is 10.2. The maximum absolute atomic E-state index is 12.9. The molecule has 134 valence electrons. The number of benzene rings is 2. The van der Waals surface area contributed by atoms with Crippen LogP contribution in [-0.4, -0.2) is 20.7 Å². The highest BCUT2D eigenvalue weighted by atomic mass is 35.5. The van der Waals surface area contributed by atoms with Crippen LogP contribution in [0.15, 0.2) is 72.1 Å². The van der Waals surface area contributed by atoms with Crippen LogP contribution in [0.4, 0.5) is 5.95 Å². The van der Waals surface area contributed by atoms with Crippen molar-refractivity contribution >= 4 is 34.8 Å². The van der Waals surface area contributed by atoms with E-state index in [2.05, 4.69) is 15.4 Å². The predicted molar refractivity (Wildman–Crippen MR) is 108 cm³/mol. The van der Waals surface area contributed by atoms with Gasteiger partial charge in [0.1, 0.15) is 0 Å². The van der Waals surface area contributed by atoms with Gasteiger partial charge in [0.25, 0.3) is 5.91 Å². The summed E-state index contributed by atoms with van der Waals surface area (Å²) in [5.74, 6) is 0.649. The van der Waals surface area contributed by atoms with Crippen LogP contribution in [0.2, 0.25) is 5.02 Å². The summed E-state index contributed by atoms with van der Waals surface area (Å²) in [6.07, 6.45) is 0. The fourth-order valence-corrected chi connectivity index (χ4v) is 3.45. The SMILES string of the molecule is O=C(c1ccccc1)n1nc(-c2cccs2)nc1NCc1ccccc1Cl. The van der Waals surface area contributed by atoms with E-state index in [-0.39, 0.29) is 5.91 Å². The lowest BCUT2D eigenvalue weighted by Crippen LogP contribution is -2.17. The summed E-state index contributed by atoms with van der Waals surface area (Å²) in [6.45, 7) is 0.435. The number of aromatic nitrogens is 3. The fraction of sp³-hybridized carbons (Fsp3) is 0.0500. The normalized spacial score (nSPS) is 10.7. The Bertz CT molecular complexity index is 1060. The van der Waals surface area contributed by atoms with Gasteiger partial charge >= 0.3 is 0 Å². The molecule has 4 aromatic rings. The number of nitrogens with one attached hydrogen (secondary N) is 1. The van der Waals surface area contributed by atoms with Crippen LogP contribution in [0.1, 0.15) is 15.9 Å². The smallest absolute Gasteiger partial charge is 0.281 e. The maximum atomic E-state index is 12.9. The molecule has 0 amide bonds. The van der Waals surface area contributed by atoms with Crippen molar-refractivity contribution in [3.63, 3.8) is 0 Å². The Balaban J connectivity index is 1.68. The molecule has 5 nitrogen and oxygen atoms in total. The Kier molecular flexibility index (Phi) is 5.00. The molecule has 0 radical (unpaired) electrons. The molecule has 7 heteroatoms. The van der Waals surface area contributed by atoms with Crippen LogP contribution in [0.5, 0.6) is 0 Å². The second kappa shape index (κ2) is 7.73. The van der Waals surface area contributed by atoms with E-state index in [1.165, 1.54) is 16.0 Å². The monoisotopic (exact) mass is 394 g/mol. The molecule has 0 fully saturated rings. The second-order valence-electron chi connectivity index (χ2n) is 5.76. The molecule has 2 aromatic heterocycles. The zero-order chi connectivity index (χ0) is 18.6. The minimum atomic E-state index is -0.243. The number of thiophene rings is 1. The average molecular weight is 395 g/mol. The van der Waals surface area contributed by atoms with E-state index in [0.29, 0.717) is 28.9 Å². The Morgan fingerprint density at radius 3 is 2.56 bits per heavy atom. The molecular formula is C20H15ClN4OS. The molecule has 0 unspecified atom stereocenters. The van der Waals surface area contributed by atoms with Crippen LogP contribution in [0, 0.1) is 0 Å². The Labute approximate surface area is 165 Å². The standard InChI is InChI=1S/C20H15ClN4OS/c21-16-10-5-4-9-15(16)13-22-20-23-18(17-11-6-12-27-17)24-25(20)19(26)14-7-2-1-3-8-14/h1-12H,13H2,(H,22,23,24). The number of halogens is 1. The van der Waals surface area contributed by atoms with Crippen molar-refractivity contribution in [3.8, 4) is 10.7 Å².